The Morgan fingerprint density at radius 2 is 1.65 bits per heavy atom. The van der Waals surface area contributed by atoms with Gasteiger partial charge in [-0.1, -0.05) is 0 Å². The summed E-state index contributed by atoms with van der Waals surface area (Å²) in [6, 6.07) is 2.23. The quantitative estimate of drug-likeness (QED) is 0.0659. The highest BCUT2D eigenvalue weighted by atomic mass is 16.4. The number of anilines is 2. The zero-order valence-corrected chi connectivity index (χ0v) is 25.6. The third-order valence-corrected chi connectivity index (χ3v) is 6.60. The van der Waals surface area contributed by atoms with Crippen LogP contribution in [-0.4, -0.2) is 96.9 Å². The van der Waals surface area contributed by atoms with Crippen molar-refractivity contribution in [3.05, 3.63) is 52.1 Å². The number of nitrogens with two attached hydrogens (primary N) is 2. The first kappa shape index (κ1) is 36.3. The van der Waals surface area contributed by atoms with Crippen LogP contribution in [0.25, 0.3) is 11.2 Å². The van der Waals surface area contributed by atoms with E-state index < -0.39 is 65.7 Å². The number of amides is 4. The molecule has 0 aliphatic carbocycles. The van der Waals surface area contributed by atoms with Gasteiger partial charge in [0.25, 0.3) is 11.5 Å². The summed E-state index contributed by atoms with van der Waals surface area (Å²) >= 11 is 0. The molecule has 3 aromatic rings. The van der Waals surface area contributed by atoms with Crippen LogP contribution in [-0.2, 0) is 30.5 Å². The molecular weight excluding hydrogens is 634 g/mol. The molecule has 12 N–H and O–H groups in total. The van der Waals surface area contributed by atoms with Gasteiger partial charge < -0.3 is 48.3 Å². The van der Waals surface area contributed by atoms with Crippen LogP contribution in [0.1, 0.15) is 42.2 Å². The number of carbonyl (C=O) groups excluding carboxylic acids is 4. The normalized spacial score (nSPS) is 12.6. The second-order valence-electron chi connectivity index (χ2n) is 10.4. The Bertz CT molecular complexity index is 1730. The van der Waals surface area contributed by atoms with Crippen molar-refractivity contribution in [3.8, 4) is 0 Å². The minimum atomic E-state index is -1.62. The van der Waals surface area contributed by atoms with E-state index in [1.807, 2.05) is 0 Å². The van der Waals surface area contributed by atoms with E-state index in [0.29, 0.717) is 16.9 Å². The van der Waals surface area contributed by atoms with Crippen LogP contribution in [0.2, 0.25) is 0 Å². The molecule has 3 atom stereocenters. The standard InChI is InChI=1S/C28H35N11O9/c1-13(27(47)48)34-24(44)17(9-20(41)42)37-25(45)18(10-29)36-19(40)3-2-8-31-23(43)14-4-6-15(7-5-14)32-11-16-12-33-22-21(35-16)26(46)39-28(30)38-22/h4-7,12-13,17-18,32H,2-3,8-11,29H2,1H3,(H,31,43)(H,34,44)(H,36,40)(H,37,45)(H,41,42)(H,47,48)(H3,30,33,38,39,46)/t13-,17-,18-/m0/s1. The molecule has 0 aliphatic rings. The lowest BCUT2D eigenvalue weighted by molar-refractivity contribution is -0.143. The molecule has 4 amide bonds. The molecule has 48 heavy (non-hydrogen) atoms. The summed E-state index contributed by atoms with van der Waals surface area (Å²) in [7, 11) is 0. The summed E-state index contributed by atoms with van der Waals surface area (Å²) < 4.78 is 0. The number of aliphatic carboxylic acids is 2. The second kappa shape index (κ2) is 16.9. The number of carboxylic acids is 2. The molecule has 20 nitrogen and oxygen atoms in total. The Balaban J connectivity index is 1.42. The molecule has 0 spiro atoms. The predicted octanol–water partition coefficient (Wildman–Crippen LogP) is -2.59. The van der Waals surface area contributed by atoms with Gasteiger partial charge in [0, 0.05) is 30.8 Å². The molecule has 0 saturated carbocycles. The van der Waals surface area contributed by atoms with Crippen molar-refractivity contribution in [1.29, 1.82) is 0 Å². The van der Waals surface area contributed by atoms with E-state index in [2.05, 4.69) is 46.5 Å². The van der Waals surface area contributed by atoms with Gasteiger partial charge in [0.05, 0.1) is 24.9 Å². The summed E-state index contributed by atoms with van der Waals surface area (Å²) in [5, 5.41) is 30.5. The fourth-order valence-corrected chi connectivity index (χ4v) is 4.07. The average Bonchev–Trinajstić information content (AvgIpc) is 3.04. The number of hydrogen-bond acceptors (Lipinski definition) is 13. The maximum Gasteiger partial charge on any atom is 0.325 e. The third-order valence-electron chi connectivity index (χ3n) is 6.60. The molecule has 0 radical (unpaired) electrons. The molecule has 1 aromatic carbocycles. The maximum absolute atomic E-state index is 12.6. The molecule has 2 heterocycles. The third kappa shape index (κ3) is 10.7. The smallest absolute Gasteiger partial charge is 0.325 e. The van der Waals surface area contributed by atoms with Crippen LogP contribution < -0.4 is 43.6 Å². The first-order valence-corrected chi connectivity index (χ1v) is 14.5. The van der Waals surface area contributed by atoms with Gasteiger partial charge in [-0.2, -0.15) is 4.98 Å². The topological polar surface area (TPSA) is 327 Å². The van der Waals surface area contributed by atoms with E-state index in [1.54, 1.807) is 24.3 Å². The molecule has 0 bridgehead atoms. The molecule has 3 rings (SSSR count). The van der Waals surface area contributed by atoms with E-state index in [4.69, 9.17) is 21.7 Å². The number of H-pyrrole nitrogens is 1. The number of fused-ring (bicyclic) bond motifs is 1. The van der Waals surface area contributed by atoms with Crippen LogP contribution in [0, 0.1) is 0 Å². The average molecular weight is 670 g/mol. The fourth-order valence-electron chi connectivity index (χ4n) is 4.07. The van der Waals surface area contributed by atoms with Crippen molar-refractivity contribution in [3.63, 3.8) is 0 Å². The molecule has 0 aliphatic heterocycles. The largest absolute Gasteiger partial charge is 0.481 e. The van der Waals surface area contributed by atoms with Gasteiger partial charge in [0.1, 0.15) is 18.1 Å². The number of nitrogens with zero attached hydrogens (tertiary/aromatic N) is 3. The summed E-state index contributed by atoms with van der Waals surface area (Å²) in [6.45, 7) is 1.13. The van der Waals surface area contributed by atoms with Gasteiger partial charge in [-0.15, -0.1) is 0 Å². The number of carbonyl (C=O) groups is 6. The summed E-state index contributed by atoms with van der Waals surface area (Å²) in [4.78, 5) is 98.7. The van der Waals surface area contributed by atoms with Crippen molar-refractivity contribution in [2.24, 2.45) is 5.73 Å². The SMILES string of the molecule is C[C@H](NC(=O)[C@H](CC(=O)O)NC(=O)[C@H](CN)NC(=O)CCCNC(=O)c1ccc(NCc2cnc3nc(N)[nH]c(=O)c3n2)cc1)C(=O)O. The minimum absolute atomic E-state index is 0.0516. The Morgan fingerprint density at radius 3 is 2.29 bits per heavy atom. The van der Waals surface area contributed by atoms with Gasteiger partial charge in [0.15, 0.2) is 11.2 Å². The molecule has 20 heteroatoms. The molecule has 256 valence electrons. The number of nitrogen functional groups attached to an aromatic ring is 1. The zero-order valence-electron chi connectivity index (χ0n) is 25.6. The lowest BCUT2D eigenvalue weighted by atomic mass is 10.1. The van der Waals surface area contributed by atoms with E-state index in [-0.39, 0.29) is 49.6 Å². The van der Waals surface area contributed by atoms with Gasteiger partial charge in [0.2, 0.25) is 23.7 Å². The zero-order chi connectivity index (χ0) is 35.4. The molecule has 2 aromatic heterocycles. The number of benzene rings is 1. The number of hydrogen-bond donors (Lipinski definition) is 10. The first-order valence-electron chi connectivity index (χ1n) is 14.5. The Morgan fingerprint density at radius 1 is 0.958 bits per heavy atom. The molecule has 0 saturated heterocycles. The minimum Gasteiger partial charge on any atom is -0.481 e. The first-order chi connectivity index (χ1) is 22.8. The lowest BCUT2D eigenvalue weighted by Crippen LogP contribution is -2.57. The Hall–Kier alpha value is -6.18. The Kier molecular flexibility index (Phi) is 12.8. The number of rotatable bonds is 17. The maximum atomic E-state index is 12.6. The monoisotopic (exact) mass is 669 g/mol. The van der Waals surface area contributed by atoms with Gasteiger partial charge in [-0.3, -0.25) is 38.5 Å². The van der Waals surface area contributed by atoms with Crippen LogP contribution >= 0.6 is 0 Å². The molecule has 0 unspecified atom stereocenters. The highest BCUT2D eigenvalue weighted by Crippen LogP contribution is 2.12. The van der Waals surface area contributed by atoms with Crippen LogP contribution in [0.15, 0.2) is 35.3 Å². The predicted molar refractivity (Wildman–Crippen MR) is 168 cm³/mol. The van der Waals surface area contributed by atoms with Gasteiger partial charge >= 0.3 is 11.9 Å². The number of nitrogens with one attached hydrogen (secondary N) is 6. The molecule has 0 fully saturated rings. The Labute approximate surface area is 271 Å². The van der Waals surface area contributed by atoms with Crippen molar-refractivity contribution >= 4 is 58.4 Å². The summed E-state index contributed by atoms with van der Waals surface area (Å²) in [6.07, 6.45) is 0.715. The molecular formula is C28H35N11O9. The van der Waals surface area contributed by atoms with E-state index in [0.717, 1.165) is 6.92 Å². The number of aromatic amines is 1. The fraction of sp³-hybridized carbons (Fsp3) is 0.357. The highest BCUT2D eigenvalue weighted by molar-refractivity contribution is 5.95. The van der Waals surface area contributed by atoms with Crippen LogP contribution in [0.4, 0.5) is 11.6 Å². The number of aromatic nitrogens is 4. The van der Waals surface area contributed by atoms with Crippen molar-refractivity contribution in [1.82, 2.24) is 41.2 Å². The van der Waals surface area contributed by atoms with Crippen molar-refractivity contribution in [2.45, 2.75) is 50.9 Å². The summed E-state index contributed by atoms with van der Waals surface area (Å²) in [5.74, 6) is -5.83. The van der Waals surface area contributed by atoms with E-state index in [1.165, 1.54) is 6.20 Å². The highest BCUT2D eigenvalue weighted by Gasteiger charge is 2.29. The van der Waals surface area contributed by atoms with Crippen LogP contribution in [0.5, 0.6) is 0 Å². The van der Waals surface area contributed by atoms with Crippen molar-refractivity contribution in [2.75, 3.05) is 24.1 Å². The van der Waals surface area contributed by atoms with Crippen molar-refractivity contribution < 1.29 is 39.0 Å². The van der Waals surface area contributed by atoms with E-state index in [9.17, 15) is 33.6 Å². The lowest BCUT2D eigenvalue weighted by Gasteiger charge is -2.22. The second-order valence-corrected chi connectivity index (χ2v) is 10.4. The van der Waals surface area contributed by atoms with Crippen LogP contribution in [0.3, 0.4) is 0 Å². The van der Waals surface area contributed by atoms with E-state index >= 15 is 0 Å². The number of carboxylic acid groups (broad SMARTS) is 2. The summed E-state index contributed by atoms with van der Waals surface area (Å²) in [5.41, 5.74) is 12.3. The van der Waals surface area contributed by atoms with Gasteiger partial charge in [-0.25, -0.2) is 9.97 Å². The van der Waals surface area contributed by atoms with Gasteiger partial charge in [-0.05, 0) is 37.6 Å².